The van der Waals surface area contributed by atoms with Crippen LogP contribution in [0, 0.1) is 6.92 Å². The second-order valence-corrected chi connectivity index (χ2v) is 5.39. The minimum atomic E-state index is 0.198. The molecule has 0 spiro atoms. The second kappa shape index (κ2) is 2.52. The summed E-state index contributed by atoms with van der Waals surface area (Å²) in [5, 5.41) is 3.62. The lowest BCUT2D eigenvalue weighted by atomic mass is 9.44. The number of aromatic nitrogens is 2. The smallest absolute Gasteiger partial charge is 0.164 e. The summed E-state index contributed by atoms with van der Waals surface area (Å²) < 4.78 is 2.24. The molecule has 1 aromatic rings. The van der Waals surface area contributed by atoms with E-state index < -0.39 is 0 Å². The molecule has 3 saturated carbocycles. The van der Waals surface area contributed by atoms with Gasteiger partial charge in [-0.1, -0.05) is 0 Å². The molecule has 80 valence electrons. The van der Waals surface area contributed by atoms with Gasteiger partial charge in [-0.2, -0.15) is 0 Å². The Bertz CT molecular complexity index is 417. The van der Waals surface area contributed by atoms with E-state index in [2.05, 4.69) is 21.1 Å². The van der Waals surface area contributed by atoms with Crippen LogP contribution >= 0.6 is 12.2 Å². The van der Waals surface area contributed by atoms with Crippen LogP contribution in [0.3, 0.4) is 0 Å². The van der Waals surface area contributed by atoms with E-state index in [0.29, 0.717) is 10.7 Å². The van der Waals surface area contributed by atoms with Crippen molar-refractivity contribution in [2.75, 3.05) is 0 Å². The Balaban J connectivity index is 1.73. The highest BCUT2D eigenvalue weighted by Gasteiger charge is 2.69. The molecule has 2 bridgehead atoms. The molecule has 4 rings (SSSR count). The van der Waals surface area contributed by atoms with Crippen LogP contribution in [0.15, 0.2) is 12.5 Å². The molecule has 3 aliphatic rings. The summed E-state index contributed by atoms with van der Waals surface area (Å²) in [4.78, 5) is 4.27. The highest BCUT2D eigenvalue weighted by molar-refractivity contribution is 7.80. The average Bonchev–Trinajstić information content (AvgIpc) is 2.40. The van der Waals surface area contributed by atoms with E-state index in [1.165, 1.54) is 0 Å². The summed E-state index contributed by atoms with van der Waals surface area (Å²) in [6.07, 6.45) is 7.40. The molecule has 0 radical (unpaired) electrons. The number of nitrogens with one attached hydrogen (secondary N) is 1. The Morgan fingerprint density at radius 2 is 2.27 bits per heavy atom. The molecular weight excluding hydrogens is 208 g/mol. The molecule has 0 amide bonds. The molecule has 1 heterocycles. The quantitative estimate of drug-likeness (QED) is 0.722. The van der Waals surface area contributed by atoms with Crippen LogP contribution in [0.1, 0.15) is 25.0 Å². The van der Waals surface area contributed by atoms with Gasteiger partial charge in [0.15, 0.2) is 5.11 Å². The molecule has 1 aromatic heterocycles. The van der Waals surface area contributed by atoms with Crippen LogP contribution in [0.5, 0.6) is 0 Å². The number of imidazole rings is 1. The van der Waals surface area contributed by atoms with Gasteiger partial charge in [-0.25, -0.2) is 4.98 Å². The maximum atomic E-state index is 5.50. The van der Waals surface area contributed by atoms with Crippen LogP contribution in [-0.2, 0) is 5.54 Å². The van der Waals surface area contributed by atoms with E-state index in [0.717, 1.165) is 25.0 Å². The van der Waals surface area contributed by atoms with Crippen molar-refractivity contribution in [2.45, 2.75) is 37.3 Å². The number of nitrogens with two attached hydrogens (primary N) is 1. The van der Waals surface area contributed by atoms with Gasteiger partial charge in [0, 0.05) is 11.7 Å². The van der Waals surface area contributed by atoms with Gasteiger partial charge in [-0.15, -0.1) is 0 Å². The fourth-order valence-corrected chi connectivity index (χ4v) is 3.30. The van der Waals surface area contributed by atoms with Crippen molar-refractivity contribution in [1.29, 1.82) is 0 Å². The number of thiocarbonyl (C=S) groups is 1. The molecule has 0 unspecified atom stereocenters. The highest BCUT2D eigenvalue weighted by Crippen LogP contribution is 2.65. The molecule has 15 heavy (non-hydrogen) atoms. The maximum absolute atomic E-state index is 5.50. The first-order valence-corrected chi connectivity index (χ1v) is 5.53. The third-order valence-corrected chi connectivity index (χ3v) is 3.75. The van der Waals surface area contributed by atoms with E-state index in [9.17, 15) is 0 Å². The van der Waals surface area contributed by atoms with Crippen molar-refractivity contribution in [3.63, 3.8) is 0 Å². The normalized spacial score (nSPS) is 36.6. The molecule has 3 N–H and O–H groups in total. The Morgan fingerprint density at radius 3 is 2.73 bits per heavy atom. The van der Waals surface area contributed by atoms with Crippen molar-refractivity contribution in [3.05, 3.63) is 18.2 Å². The fourth-order valence-electron chi connectivity index (χ4n) is 3.08. The van der Waals surface area contributed by atoms with E-state index in [4.69, 9.17) is 18.0 Å². The zero-order valence-corrected chi connectivity index (χ0v) is 9.47. The highest BCUT2D eigenvalue weighted by atomic mass is 32.1. The molecule has 0 aromatic carbocycles. The first-order valence-electron chi connectivity index (χ1n) is 5.12. The number of rotatable bonds is 2. The third-order valence-electron chi connectivity index (χ3n) is 3.65. The summed E-state index contributed by atoms with van der Waals surface area (Å²) in [6.45, 7) is 2.02. The lowest BCUT2D eigenvalue weighted by Crippen LogP contribution is -2.79. The largest absolute Gasteiger partial charge is 0.376 e. The van der Waals surface area contributed by atoms with Gasteiger partial charge in [0.25, 0.3) is 0 Å². The SMILES string of the molecule is Cc1cn(C23CC(NC(N)=S)(C2)C3)cn1. The van der Waals surface area contributed by atoms with Crippen LogP contribution in [0.25, 0.3) is 0 Å². The van der Waals surface area contributed by atoms with E-state index in [-0.39, 0.29) is 5.54 Å². The van der Waals surface area contributed by atoms with Crippen LogP contribution in [-0.4, -0.2) is 20.2 Å². The van der Waals surface area contributed by atoms with Crippen molar-refractivity contribution in [2.24, 2.45) is 5.73 Å². The van der Waals surface area contributed by atoms with Gasteiger partial charge in [0.05, 0.1) is 17.6 Å². The summed E-state index contributed by atoms with van der Waals surface area (Å²) in [5.41, 5.74) is 7.08. The van der Waals surface area contributed by atoms with E-state index in [1.807, 2.05) is 13.3 Å². The van der Waals surface area contributed by atoms with Gasteiger partial charge in [0.1, 0.15) is 0 Å². The zero-order valence-electron chi connectivity index (χ0n) is 8.66. The Morgan fingerprint density at radius 1 is 1.60 bits per heavy atom. The van der Waals surface area contributed by atoms with Crippen molar-refractivity contribution >= 4 is 17.3 Å². The van der Waals surface area contributed by atoms with Crippen LogP contribution < -0.4 is 11.1 Å². The predicted octanol–water partition coefficient (Wildman–Crippen LogP) is 0.656. The molecular formula is C10H14N4S. The fraction of sp³-hybridized carbons (Fsp3) is 0.600. The molecule has 0 saturated heterocycles. The Hall–Kier alpha value is -1.10. The third kappa shape index (κ3) is 1.13. The number of nitrogens with zero attached hydrogens (tertiary/aromatic N) is 2. The minimum Gasteiger partial charge on any atom is -0.376 e. The van der Waals surface area contributed by atoms with Gasteiger partial charge >= 0.3 is 0 Å². The van der Waals surface area contributed by atoms with E-state index in [1.54, 1.807) is 0 Å². The van der Waals surface area contributed by atoms with Crippen molar-refractivity contribution in [3.8, 4) is 0 Å². The second-order valence-electron chi connectivity index (χ2n) is 4.95. The Labute approximate surface area is 93.9 Å². The first-order chi connectivity index (χ1) is 7.04. The van der Waals surface area contributed by atoms with Gasteiger partial charge in [0.2, 0.25) is 0 Å². The standard InChI is InChI=1S/C10H14N4S/c1-7-2-14(6-12-7)10-3-9(4-10,5-10)13-8(11)15/h2,6H,3-5H2,1H3,(H3,11,13,15). The van der Waals surface area contributed by atoms with Gasteiger partial charge in [-0.3, -0.25) is 0 Å². The molecule has 5 heteroatoms. The molecule has 0 atom stereocenters. The monoisotopic (exact) mass is 222 g/mol. The topological polar surface area (TPSA) is 55.9 Å². The number of hydrogen-bond acceptors (Lipinski definition) is 2. The average molecular weight is 222 g/mol. The summed E-state index contributed by atoms with van der Waals surface area (Å²) in [6, 6.07) is 0. The van der Waals surface area contributed by atoms with E-state index >= 15 is 0 Å². The van der Waals surface area contributed by atoms with Gasteiger partial charge in [-0.05, 0) is 38.4 Å². The van der Waals surface area contributed by atoms with Crippen LogP contribution in [0.4, 0.5) is 0 Å². The predicted molar refractivity (Wildman–Crippen MR) is 61.4 cm³/mol. The molecule has 3 fully saturated rings. The molecule has 0 aliphatic heterocycles. The lowest BCUT2D eigenvalue weighted by Gasteiger charge is -2.70. The zero-order chi connectivity index (χ0) is 10.7. The van der Waals surface area contributed by atoms with Crippen molar-refractivity contribution in [1.82, 2.24) is 14.9 Å². The summed E-state index contributed by atoms with van der Waals surface area (Å²) >= 11 is 4.87. The summed E-state index contributed by atoms with van der Waals surface area (Å²) in [5.74, 6) is 0. The lowest BCUT2D eigenvalue weighted by molar-refractivity contribution is -0.127. The maximum Gasteiger partial charge on any atom is 0.164 e. The number of aryl methyl sites for hydroxylation is 1. The van der Waals surface area contributed by atoms with Crippen LogP contribution in [0.2, 0.25) is 0 Å². The number of hydrogen-bond donors (Lipinski definition) is 2. The minimum absolute atomic E-state index is 0.198. The molecule has 3 aliphatic carbocycles. The Kier molecular flexibility index (Phi) is 1.54. The molecule has 4 nitrogen and oxygen atoms in total. The van der Waals surface area contributed by atoms with Gasteiger partial charge < -0.3 is 15.6 Å². The first kappa shape index (κ1) is 9.15. The van der Waals surface area contributed by atoms with Crippen molar-refractivity contribution < 1.29 is 0 Å². The summed E-state index contributed by atoms with van der Waals surface area (Å²) in [7, 11) is 0.